The van der Waals surface area contributed by atoms with E-state index in [4.69, 9.17) is 4.18 Å². The van der Waals surface area contributed by atoms with Crippen LogP contribution in [0.25, 0.3) is 0 Å². The molecule has 0 amide bonds. The van der Waals surface area contributed by atoms with Crippen molar-refractivity contribution in [2.45, 2.75) is 84.6 Å². The van der Waals surface area contributed by atoms with Gasteiger partial charge in [-0.15, -0.1) is 0 Å². The van der Waals surface area contributed by atoms with Crippen LogP contribution in [0.15, 0.2) is 29.2 Å². The molecular weight excluding hydrogens is 332 g/mol. The Morgan fingerprint density at radius 3 is 1.96 bits per heavy atom. The van der Waals surface area contributed by atoms with E-state index in [1.807, 2.05) is 19.1 Å². The molecule has 0 saturated heterocycles. The minimum atomic E-state index is -3.66. The first-order valence-corrected chi connectivity index (χ1v) is 10.8. The lowest BCUT2D eigenvalue weighted by Crippen LogP contribution is -2.34. The molecule has 0 heterocycles. The van der Waals surface area contributed by atoms with Gasteiger partial charge in [0.05, 0.1) is 11.0 Å². The van der Waals surface area contributed by atoms with Crippen molar-refractivity contribution in [2.24, 2.45) is 16.7 Å². The molecule has 0 atom stereocenters. The molecule has 142 valence electrons. The second kappa shape index (κ2) is 7.40. The van der Waals surface area contributed by atoms with Gasteiger partial charge in [-0.2, -0.15) is 8.42 Å². The lowest BCUT2D eigenvalue weighted by molar-refractivity contribution is 0.0580. The topological polar surface area (TPSA) is 43.4 Å². The summed E-state index contributed by atoms with van der Waals surface area (Å²) in [6.07, 6.45) is 4.71. The van der Waals surface area contributed by atoms with E-state index in [0.29, 0.717) is 11.3 Å². The Balaban J connectivity index is 1.95. The largest absolute Gasteiger partial charge is 0.297 e. The van der Waals surface area contributed by atoms with Crippen molar-refractivity contribution in [3.05, 3.63) is 29.8 Å². The quantitative estimate of drug-likeness (QED) is 0.626. The van der Waals surface area contributed by atoms with Gasteiger partial charge in [0, 0.05) is 0 Å². The fourth-order valence-electron chi connectivity index (χ4n) is 4.39. The molecule has 0 aromatic heterocycles. The molecule has 1 aliphatic carbocycles. The first-order chi connectivity index (χ1) is 11.4. The third kappa shape index (κ3) is 5.82. The molecule has 0 spiro atoms. The predicted octanol–water partition coefficient (Wildman–Crippen LogP) is 5.72. The monoisotopic (exact) mass is 366 g/mol. The highest BCUT2D eigenvalue weighted by Crippen LogP contribution is 2.45. The van der Waals surface area contributed by atoms with Crippen LogP contribution in [-0.2, 0) is 14.3 Å². The minimum absolute atomic E-state index is 0.187. The SMILES string of the molecule is Cc1ccc(S(=O)(=O)OC2CCC(C(C)(C)CC(C)(C)C)CC2)cc1. The van der Waals surface area contributed by atoms with E-state index in [2.05, 4.69) is 34.6 Å². The van der Waals surface area contributed by atoms with Crippen LogP contribution in [0.1, 0.15) is 72.3 Å². The number of hydrogen-bond donors (Lipinski definition) is 0. The summed E-state index contributed by atoms with van der Waals surface area (Å²) in [7, 11) is -3.66. The molecule has 0 radical (unpaired) electrons. The van der Waals surface area contributed by atoms with E-state index in [0.717, 1.165) is 31.2 Å². The van der Waals surface area contributed by atoms with E-state index >= 15 is 0 Å². The van der Waals surface area contributed by atoms with Gasteiger partial charge >= 0.3 is 0 Å². The summed E-state index contributed by atoms with van der Waals surface area (Å²) in [5.41, 5.74) is 1.63. The molecule has 1 aromatic rings. The van der Waals surface area contributed by atoms with Crippen LogP contribution in [0.2, 0.25) is 0 Å². The Hall–Kier alpha value is -0.870. The molecule has 3 nitrogen and oxygen atoms in total. The second-order valence-corrected chi connectivity index (χ2v) is 11.1. The van der Waals surface area contributed by atoms with Crippen LogP contribution in [0, 0.1) is 23.7 Å². The van der Waals surface area contributed by atoms with Gasteiger partial charge in [-0.05, 0) is 67.9 Å². The maximum absolute atomic E-state index is 12.5. The van der Waals surface area contributed by atoms with Crippen LogP contribution < -0.4 is 0 Å². The van der Waals surface area contributed by atoms with Crippen molar-refractivity contribution in [3.8, 4) is 0 Å². The van der Waals surface area contributed by atoms with Gasteiger partial charge in [0.1, 0.15) is 0 Å². The minimum Gasteiger partial charge on any atom is -0.263 e. The third-order valence-corrected chi connectivity index (χ3v) is 6.71. The summed E-state index contributed by atoms with van der Waals surface area (Å²) in [5.74, 6) is 0.633. The normalized spacial score (nSPS) is 22.8. The lowest BCUT2D eigenvalue weighted by atomic mass is 9.64. The van der Waals surface area contributed by atoms with Crippen molar-refractivity contribution in [2.75, 3.05) is 0 Å². The van der Waals surface area contributed by atoms with Gasteiger partial charge in [-0.3, -0.25) is 4.18 Å². The molecule has 2 rings (SSSR count). The Morgan fingerprint density at radius 2 is 1.48 bits per heavy atom. The van der Waals surface area contributed by atoms with Gasteiger partial charge < -0.3 is 0 Å². The summed E-state index contributed by atoms with van der Waals surface area (Å²) in [4.78, 5) is 0.258. The van der Waals surface area contributed by atoms with Crippen LogP contribution in [0.3, 0.4) is 0 Å². The maximum atomic E-state index is 12.5. The molecule has 1 saturated carbocycles. The Kier molecular flexibility index (Phi) is 6.05. The number of benzene rings is 1. The first kappa shape index (κ1) is 20.4. The third-order valence-electron chi connectivity index (χ3n) is 5.34. The Labute approximate surface area is 154 Å². The molecule has 0 bridgehead atoms. The van der Waals surface area contributed by atoms with E-state index in [1.54, 1.807) is 12.1 Å². The van der Waals surface area contributed by atoms with Crippen molar-refractivity contribution >= 4 is 10.1 Å². The van der Waals surface area contributed by atoms with Crippen LogP contribution in [0.4, 0.5) is 0 Å². The van der Waals surface area contributed by atoms with Crippen LogP contribution in [-0.4, -0.2) is 14.5 Å². The van der Waals surface area contributed by atoms with Crippen molar-refractivity contribution < 1.29 is 12.6 Å². The van der Waals surface area contributed by atoms with Gasteiger partial charge in [0.2, 0.25) is 0 Å². The Morgan fingerprint density at radius 1 is 0.960 bits per heavy atom. The smallest absolute Gasteiger partial charge is 0.263 e. The van der Waals surface area contributed by atoms with Crippen molar-refractivity contribution in [3.63, 3.8) is 0 Å². The average molecular weight is 367 g/mol. The highest BCUT2D eigenvalue weighted by molar-refractivity contribution is 7.86. The van der Waals surface area contributed by atoms with E-state index < -0.39 is 10.1 Å². The summed E-state index contributed by atoms with van der Waals surface area (Å²) < 4.78 is 30.4. The first-order valence-electron chi connectivity index (χ1n) is 9.39. The summed E-state index contributed by atoms with van der Waals surface area (Å²) in [5, 5.41) is 0. The Bertz CT molecular complexity index is 658. The molecule has 25 heavy (non-hydrogen) atoms. The van der Waals surface area contributed by atoms with Gasteiger partial charge in [-0.1, -0.05) is 52.3 Å². The zero-order valence-electron chi connectivity index (χ0n) is 16.6. The van der Waals surface area contributed by atoms with E-state index in [9.17, 15) is 8.42 Å². The molecule has 1 fully saturated rings. The molecule has 1 aromatic carbocycles. The zero-order chi connectivity index (χ0) is 18.9. The molecule has 1 aliphatic rings. The molecule has 4 heteroatoms. The summed E-state index contributed by atoms with van der Waals surface area (Å²) >= 11 is 0. The van der Waals surface area contributed by atoms with Crippen molar-refractivity contribution in [1.82, 2.24) is 0 Å². The standard InChI is InChI=1S/C21H34O3S/c1-16-7-13-19(14-8-16)25(22,23)24-18-11-9-17(10-12-18)21(5,6)15-20(2,3)4/h7-8,13-14,17-18H,9-12,15H2,1-6H3. The van der Waals surface area contributed by atoms with Gasteiger partial charge in [0.25, 0.3) is 10.1 Å². The zero-order valence-corrected chi connectivity index (χ0v) is 17.4. The van der Waals surface area contributed by atoms with E-state index in [-0.39, 0.29) is 16.4 Å². The number of aryl methyl sites for hydroxylation is 1. The lowest BCUT2D eigenvalue weighted by Gasteiger charge is -2.42. The molecule has 0 N–H and O–H groups in total. The fraction of sp³-hybridized carbons (Fsp3) is 0.714. The molecular formula is C21H34O3S. The van der Waals surface area contributed by atoms with Crippen molar-refractivity contribution in [1.29, 1.82) is 0 Å². The predicted molar refractivity (Wildman–Crippen MR) is 103 cm³/mol. The highest BCUT2D eigenvalue weighted by atomic mass is 32.2. The number of hydrogen-bond acceptors (Lipinski definition) is 3. The fourth-order valence-corrected chi connectivity index (χ4v) is 5.52. The summed E-state index contributed by atoms with van der Waals surface area (Å²) in [6, 6.07) is 6.87. The van der Waals surface area contributed by atoms with Gasteiger partial charge in [-0.25, -0.2) is 0 Å². The molecule has 0 unspecified atom stereocenters. The van der Waals surface area contributed by atoms with Crippen LogP contribution in [0.5, 0.6) is 0 Å². The average Bonchev–Trinajstić information content (AvgIpc) is 2.45. The summed E-state index contributed by atoms with van der Waals surface area (Å²) in [6.45, 7) is 13.5. The van der Waals surface area contributed by atoms with Gasteiger partial charge in [0.15, 0.2) is 0 Å². The highest BCUT2D eigenvalue weighted by Gasteiger charge is 2.37. The van der Waals surface area contributed by atoms with E-state index in [1.165, 1.54) is 6.42 Å². The molecule has 0 aliphatic heterocycles. The number of rotatable bonds is 5. The van der Waals surface area contributed by atoms with Crippen LogP contribution >= 0.6 is 0 Å². The maximum Gasteiger partial charge on any atom is 0.297 e. The second-order valence-electron chi connectivity index (χ2n) is 9.56.